The second kappa shape index (κ2) is 72.6. The van der Waals surface area contributed by atoms with Crippen molar-refractivity contribution < 1.29 is 80.2 Å². The van der Waals surface area contributed by atoms with Crippen molar-refractivity contribution in [2.45, 2.75) is 445 Å². The standard InChI is InChI=1S/C81H158O17P2/c1-7-10-12-14-16-18-20-22-29-33-41-47-53-59-65-80(85)97-76(69-91-78(83)63-57-51-45-39-32-27-21-19-17-15-13-11-8-2)71-95-99(87,88)93-67-75(82)68-94-100(89,90)96-72-77(70-92-79(84)64-58-52-46-40-36-35-38-44-50-56-62-74(6)9-3)98-81(86)66-60-54-48-42-34-30-26-24-23-25-28-31-37-43-49-55-61-73(4)5/h73-77,82H,7-72H2,1-6H3,(H,87,88)(H,89,90)/t74?,75-,76+,77+/m0/s1. The molecule has 19 heteroatoms. The minimum atomic E-state index is -4.96. The first-order valence-electron chi connectivity index (χ1n) is 42.0. The summed E-state index contributed by atoms with van der Waals surface area (Å²) in [5.41, 5.74) is 0. The van der Waals surface area contributed by atoms with Crippen molar-refractivity contribution in [3.63, 3.8) is 0 Å². The highest BCUT2D eigenvalue weighted by Crippen LogP contribution is 2.45. The molecule has 0 amide bonds. The van der Waals surface area contributed by atoms with Crippen LogP contribution in [0.25, 0.3) is 0 Å². The molecule has 0 saturated carbocycles. The second-order valence-electron chi connectivity index (χ2n) is 29.9. The topological polar surface area (TPSA) is 237 Å². The highest BCUT2D eigenvalue weighted by Gasteiger charge is 2.30. The summed E-state index contributed by atoms with van der Waals surface area (Å²) in [6.45, 7) is 9.70. The number of phosphoric ester groups is 2. The lowest BCUT2D eigenvalue weighted by molar-refractivity contribution is -0.161. The zero-order valence-corrected chi connectivity index (χ0v) is 67.3. The monoisotopic (exact) mass is 1470 g/mol. The van der Waals surface area contributed by atoms with Crippen LogP contribution in [0.3, 0.4) is 0 Å². The van der Waals surface area contributed by atoms with E-state index in [4.69, 9.17) is 37.0 Å². The maximum absolute atomic E-state index is 13.1. The molecule has 3 N–H and O–H groups in total. The van der Waals surface area contributed by atoms with E-state index in [9.17, 15) is 43.2 Å². The molecule has 0 spiro atoms. The van der Waals surface area contributed by atoms with Gasteiger partial charge in [0.1, 0.15) is 19.3 Å². The number of carbonyl (C=O) groups excluding carboxylic acids is 4. The molecule has 0 rings (SSSR count). The van der Waals surface area contributed by atoms with E-state index in [0.29, 0.717) is 25.7 Å². The van der Waals surface area contributed by atoms with E-state index in [2.05, 4.69) is 41.5 Å². The Balaban J connectivity index is 5.26. The van der Waals surface area contributed by atoms with E-state index >= 15 is 0 Å². The van der Waals surface area contributed by atoms with Gasteiger partial charge in [-0.2, -0.15) is 0 Å². The molecule has 594 valence electrons. The number of hydrogen-bond acceptors (Lipinski definition) is 15. The van der Waals surface area contributed by atoms with Gasteiger partial charge < -0.3 is 33.8 Å². The summed E-state index contributed by atoms with van der Waals surface area (Å²) >= 11 is 0. The Bertz CT molecular complexity index is 1930. The number of aliphatic hydroxyl groups excluding tert-OH is 1. The Morgan fingerprint density at radius 3 is 0.760 bits per heavy atom. The molecule has 0 saturated heterocycles. The number of rotatable bonds is 80. The van der Waals surface area contributed by atoms with Gasteiger partial charge in [-0.3, -0.25) is 37.3 Å². The van der Waals surface area contributed by atoms with E-state index < -0.39 is 97.5 Å². The number of aliphatic hydroxyl groups is 1. The highest BCUT2D eigenvalue weighted by atomic mass is 31.2. The summed E-state index contributed by atoms with van der Waals surface area (Å²) in [4.78, 5) is 73.1. The van der Waals surface area contributed by atoms with E-state index in [1.165, 1.54) is 244 Å². The largest absolute Gasteiger partial charge is 0.472 e. The van der Waals surface area contributed by atoms with Crippen molar-refractivity contribution >= 4 is 39.5 Å². The van der Waals surface area contributed by atoms with Gasteiger partial charge in [-0.1, -0.05) is 375 Å². The molecule has 0 aliphatic rings. The molecule has 100 heavy (non-hydrogen) atoms. The van der Waals surface area contributed by atoms with Crippen LogP contribution in [-0.4, -0.2) is 96.7 Å². The molecule has 0 aromatic heterocycles. The van der Waals surface area contributed by atoms with Crippen LogP contribution in [-0.2, 0) is 65.4 Å². The maximum atomic E-state index is 13.1. The van der Waals surface area contributed by atoms with Crippen LogP contribution >= 0.6 is 15.6 Å². The predicted octanol–water partition coefficient (Wildman–Crippen LogP) is 24.3. The minimum Gasteiger partial charge on any atom is -0.462 e. The molecule has 0 fully saturated rings. The maximum Gasteiger partial charge on any atom is 0.472 e. The molecule has 0 aromatic rings. The number of phosphoric acid groups is 2. The second-order valence-corrected chi connectivity index (χ2v) is 32.8. The van der Waals surface area contributed by atoms with Crippen LogP contribution in [0, 0.1) is 11.8 Å². The molecule has 3 unspecified atom stereocenters. The quantitative estimate of drug-likeness (QED) is 0.0222. The fraction of sp³-hybridized carbons (Fsp3) is 0.951. The molecule has 0 radical (unpaired) electrons. The van der Waals surface area contributed by atoms with E-state index in [0.717, 1.165) is 102 Å². The Kier molecular flexibility index (Phi) is 71.2. The van der Waals surface area contributed by atoms with Gasteiger partial charge in [-0.25, -0.2) is 9.13 Å². The van der Waals surface area contributed by atoms with E-state index in [1.54, 1.807) is 0 Å². The van der Waals surface area contributed by atoms with Crippen molar-refractivity contribution in [1.82, 2.24) is 0 Å². The Morgan fingerprint density at radius 1 is 0.290 bits per heavy atom. The van der Waals surface area contributed by atoms with E-state index in [1.807, 2.05) is 0 Å². The first-order chi connectivity index (χ1) is 48.4. The molecule has 0 aliphatic carbocycles. The lowest BCUT2D eigenvalue weighted by Crippen LogP contribution is -2.30. The normalized spacial score (nSPS) is 14.2. The van der Waals surface area contributed by atoms with Crippen LogP contribution in [0.4, 0.5) is 0 Å². The smallest absolute Gasteiger partial charge is 0.462 e. The Hall–Kier alpha value is -1.94. The van der Waals surface area contributed by atoms with Crippen LogP contribution in [0.15, 0.2) is 0 Å². The third-order valence-corrected chi connectivity index (χ3v) is 21.2. The van der Waals surface area contributed by atoms with Gasteiger partial charge >= 0.3 is 39.5 Å². The van der Waals surface area contributed by atoms with E-state index in [-0.39, 0.29) is 25.7 Å². The SMILES string of the molecule is CCCCCCCCCCCCCCCCC(=O)O[C@H](COC(=O)CCCCCCCCCCCCCCC)COP(=O)(O)OC[C@H](O)COP(=O)(O)OC[C@@H](COC(=O)CCCCCCCCCCCCC(C)CC)OC(=O)CCCCCCCCCCCCCCCCCCC(C)C. The summed E-state index contributed by atoms with van der Waals surface area (Å²) < 4.78 is 68.8. The fourth-order valence-electron chi connectivity index (χ4n) is 12.5. The van der Waals surface area contributed by atoms with Crippen LogP contribution < -0.4 is 0 Å². The lowest BCUT2D eigenvalue weighted by Gasteiger charge is -2.21. The van der Waals surface area contributed by atoms with Gasteiger partial charge in [0, 0.05) is 25.7 Å². The predicted molar refractivity (Wildman–Crippen MR) is 409 cm³/mol. The average molecular weight is 1470 g/mol. The number of esters is 4. The zero-order valence-electron chi connectivity index (χ0n) is 65.5. The Labute approximate surface area is 613 Å². The minimum absolute atomic E-state index is 0.108. The lowest BCUT2D eigenvalue weighted by atomic mass is 9.99. The van der Waals surface area contributed by atoms with Crippen molar-refractivity contribution in [2.75, 3.05) is 39.6 Å². The number of ether oxygens (including phenoxy) is 4. The first kappa shape index (κ1) is 98.1. The third-order valence-electron chi connectivity index (χ3n) is 19.3. The van der Waals surface area contributed by atoms with Crippen LogP contribution in [0.1, 0.15) is 427 Å². The zero-order chi connectivity index (χ0) is 73.5. The van der Waals surface area contributed by atoms with Crippen molar-refractivity contribution in [2.24, 2.45) is 11.8 Å². The summed E-state index contributed by atoms with van der Waals surface area (Å²) in [5.74, 6) is -0.487. The van der Waals surface area contributed by atoms with Crippen LogP contribution in [0.5, 0.6) is 0 Å². The van der Waals surface area contributed by atoms with Crippen LogP contribution in [0.2, 0.25) is 0 Å². The number of hydrogen-bond donors (Lipinski definition) is 3. The van der Waals surface area contributed by atoms with Gasteiger partial charge in [0.15, 0.2) is 12.2 Å². The van der Waals surface area contributed by atoms with Gasteiger partial charge in [0.05, 0.1) is 26.4 Å². The van der Waals surface area contributed by atoms with Gasteiger partial charge in [-0.15, -0.1) is 0 Å². The summed E-state index contributed by atoms with van der Waals surface area (Å²) in [7, 11) is -9.92. The molecule has 6 atom stereocenters. The summed E-state index contributed by atoms with van der Waals surface area (Å²) in [6.07, 6.45) is 62.2. The molecule has 0 aromatic carbocycles. The van der Waals surface area contributed by atoms with Gasteiger partial charge in [0.2, 0.25) is 0 Å². The average Bonchev–Trinajstić information content (AvgIpc) is 0.924. The molecule has 0 bridgehead atoms. The summed E-state index contributed by atoms with van der Waals surface area (Å²) in [6, 6.07) is 0. The van der Waals surface area contributed by atoms with Gasteiger partial charge in [-0.05, 0) is 37.5 Å². The number of carbonyl (C=O) groups is 4. The number of unbranched alkanes of at least 4 members (excludes halogenated alkanes) is 49. The molecule has 0 heterocycles. The third kappa shape index (κ3) is 73.0. The molecule has 17 nitrogen and oxygen atoms in total. The molecular weight excluding hydrogens is 1310 g/mol. The first-order valence-corrected chi connectivity index (χ1v) is 45.0. The fourth-order valence-corrected chi connectivity index (χ4v) is 14.1. The van der Waals surface area contributed by atoms with Gasteiger partial charge in [0.25, 0.3) is 0 Å². The van der Waals surface area contributed by atoms with Crippen molar-refractivity contribution in [3.05, 3.63) is 0 Å². The summed E-state index contributed by atoms with van der Waals surface area (Å²) in [5, 5.41) is 10.6. The van der Waals surface area contributed by atoms with Crippen molar-refractivity contribution in [3.8, 4) is 0 Å². The van der Waals surface area contributed by atoms with Crippen molar-refractivity contribution in [1.29, 1.82) is 0 Å². The molecule has 0 aliphatic heterocycles. The molecular formula is C81H158O17P2. The highest BCUT2D eigenvalue weighted by molar-refractivity contribution is 7.47. The Morgan fingerprint density at radius 2 is 0.510 bits per heavy atom.